The van der Waals surface area contributed by atoms with E-state index in [1.54, 1.807) is 11.8 Å². The van der Waals surface area contributed by atoms with Crippen LogP contribution in [-0.2, 0) is 24.4 Å². The van der Waals surface area contributed by atoms with Crippen LogP contribution in [0.5, 0.6) is 0 Å². The van der Waals surface area contributed by atoms with Crippen molar-refractivity contribution >= 4 is 45.2 Å². The molecule has 124 valence electrons. The normalized spacial score (nSPS) is 15.1. The quantitative estimate of drug-likeness (QED) is 0.769. The Morgan fingerprint density at radius 2 is 1.74 bits per heavy atom. The van der Waals surface area contributed by atoms with Gasteiger partial charge in [0.25, 0.3) is 10.0 Å². The van der Waals surface area contributed by atoms with E-state index in [1.165, 1.54) is 24.3 Å². The third-order valence-electron chi connectivity index (χ3n) is 3.22. The lowest BCUT2D eigenvalue weighted by Gasteiger charge is -2.14. The molecule has 0 radical (unpaired) electrons. The molecule has 1 aromatic carbocycles. The molecule has 9 heteroatoms. The Hall–Kier alpha value is -1.87. The monoisotopic (exact) mass is 356 g/mol. The van der Waals surface area contributed by atoms with Gasteiger partial charge in [-0.15, -0.1) is 0 Å². The van der Waals surface area contributed by atoms with Gasteiger partial charge in [-0.25, -0.2) is 8.42 Å². The summed E-state index contributed by atoms with van der Waals surface area (Å²) >= 11 is 1.55. The number of benzene rings is 1. The zero-order chi connectivity index (χ0) is 17.0. The summed E-state index contributed by atoms with van der Waals surface area (Å²) in [5, 5.41) is 2.65. The average Bonchev–Trinajstić information content (AvgIpc) is 2.85. The second kappa shape index (κ2) is 7.14. The van der Waals surface area contributed by atoms with E-state index in [4.69, 9.17) is 0 Å². The third-order valence-corrected chi connectivity index (χ3v) is 5.58. The predicted octanol–water partition coefficient (Wildman–Crippen LogP) is 1.22. The van der Waals surface area contributed by atoms with Crippen molar-refractivity contribution in [2.24, 2.45) is 0 Å². The van der Waals surface area contributed by atoms with Crippen LogP contribution in [0.15, 0.2) is 29.2 Å². The summed E-state index contributed by atoms with van der Waals surface area (Å²) in [7, 11) is -4.18. The van der Waals surface area contributed by atoms with Gasteiger partial charge in [0.2, 0.25) is 17.7 Å². The van der Waals surface area contributed by atoms with Crippen molar-refractivity contribution in [1.29, 1.82) is 0 Å². The van der Waals surface area contributed by atoms with Crippen LogP contribution in [0.2, 0.25) is 0 Å². The van der Waals surface area contributed by atoms with E-state index in [0.29, 0.717) is 22.2 Å². The summed E-state index contributed by atoms with van der Waals surface area (Å²) in [6, 6.07) is 5.38. The number of amides is 3. The highest BCUT2D eigenvalue weighted by atomic mass is 32.2. The molecule has 1 aromatic rings. The summed E-state index contributed by atoms with van der Waals surface area (Å²) in [5.74, 6) is -0.911. The minimum Gasteiger partial charge on any atom is -0.326 e. The van der Waals surface area contributed by atoms with Crippen molar-refractivity contribution in [3.05, 3.63) is 24.3 Å². The molecule has 1 saturated heterocycles. The smallest absolute Gasteiger partial charge is 0.273 e. The number of thioether (sulfide) groups is 1. The molecule has 2 rings (SSSR count). The molecule has 1 heterocycles. The van der Waals surface area contributed by atoms with Crippen molar-refractivity contribution in [1.82, 2.24) is 4.31 Å². The number of sulfonamides is 1. The number of hydrogen-bond donors (Lipinski definition) is 1. The minimum atomic E-state index is -4.18. The molecule has 0 aromatic heterocycles. The van der Waals surface area contributed by atoms with Gasteiger partial charge in [-0.05, 0) is 30.5 Å². The molecule has 0 spiro atoms. The van der Waals surface area contributed by atoms with Gasteiger partial charge in [-0.1, -0.05) is 0 Å². The molecule has 7 nitrogen and oxygen atoms in total. The molecular weight excluding hydrogens is 340 g/mol. The molecule has 23 heavy (non-hydrogen) atoms. The first-order valence-electron chi connectivity index (χ1n) is 6.86. The summed E-state index contributed by atoms with van der Waals surface area (Å²) in [4.78, 5) is 34.6. The van der Waals surface area contributed by atoms with E-state index in [-0.39, 0.29) is 23.6 Å². The Kier molecular flexibility index (Phi) is 5.42. The highest BCUT2D eigenvalue weighted by molar-refractivity contribution is 7.98. The average molecular weight is 356 g/mol. The Balaban J connectivity index is 2.14. The number of imide groups is 1. The number of anilines is 1. The number of carbonyl (C=O) groups excluding carboxylic acids is 3. The van der Waals surface area contributed by atoms with E-state index in [0.717, 1.165) is 0 Å². The van der Waals surface area contributed by atoms with E-state index in [2.05, 4.69) is 5.32 Å². The number of nitrogens with one attached hydrogen (secondary N) is 1. The fourth-order valence-electron chi connectivity index (χ4n) is 2.06. The first-order valence-corrected chi connectivity index (χ1v) is 9.69. The lowest BCUT2D eigenvalue weighted by molar-refractivity contribution is -0.132. The zero-order valence-electron chi connectivity index (χ0n) is 12.4. The van der Waals surface area contributed by atoms with Gasteiger partial charge in [-0.2, -0.15) is 16.1 Å². The number of hydrogen-bond acceptors (Lipinski definition) is 6. The Labute approximate surface area is 138 Å². The van der Waals surface area contributed by atoms with Gasteiger partial charge in [0.1, 0.15) is 0 Å². The molecule has 1 N–H and O–H groups in total. The summed E-state index contributed by atoms with van der Waals surface area (Å²) in [6.45, 7) is 0. The van der Waals surface area contributed by atoms with Gasteiger partial charge in [0.15, 0.2) is 0 Å². The van der Waals surface area contributed by atoms with Gasteiger partial charge in [0, 0.05) is 30.7 Å². The van der Waals surface area contributed by atoms with Crippen LogP contribution in [0.1, 0.15) is 19.3 Å². The van der Waals surface area contributed by atoms with Crippen LogP contribution < -0.4 is 5.32 Å². The standard InChI is InChI=1S/C14H16N2O5S2/c1-22-9-8-12(17)15-10-2-4-11(5-3-10)23(20,21)16-13(18)6-7-14(16)19/h2-5H,6-9H2,1H3,(H,15,17). The molecule has 1 aliphatic rings. The highest BCUT2D eigenvalue weighted by Crippen LogP contribution is 2.24. The van der Waals surface area contributed by atoms with Gasteiger partial charge in [0.05, 0.1) is 4.90 Å². The zero-order valence-corrected chi connectivity index (χ0v) is 14.1. The maximum Gasteiger partial charge on any atom is 0.273 e. The lowest BCUT2D eigenvalue weighted by Crippen LogP contribution is -2.35. The molecule has 3 amide bonds. The van der Waals surface area contributed by atoms with Crippen molar-refractivity contribution in [2.45, 2.75) is 24.2 Å². The lowest BCUT2D eigenvalue weighted by atomic mass is 10.3. The summed E-state index contributed by atoms with van der Waals surface area (Å²) in [6.07, 6.45) is 2.06. The predicted molar refractivity (Wildman–Crippen MR) is 86.3 cm³/mol. The Bertz CT molecular complexity index is 712. The van der Waals surface area contributed by atoms with Gasteiger partial charge >= 0.3 is 0 Å². The largest absolute Gasteiger partial charge is 0.326 e. The van der Waals surface area contributed by atoms with E-state index in [9.17, 15) is 22.8 Å². The van der Waals surface area contributed by atoms with Crippen molar-refractivity contribution in [3.8, 4) is 0 Å². The van der Waals surface area contributed by atoms with Crippen LogP contribution in [0.25, 0.3) is 0 Å². The maximum atomic E-state index is 12.3. The number of rotatable bonds is 6. The fraction of sp³-hybridized carbons (Fsp3) is 0.357. The Morgan fingerprint density at radius 1 is 1.17 bits per heavy atom. The number of carbonyl (C=O) groups is 3. The van der Waals surface area contributed by atoms with Crippen LogP contribution >= 0.6 is 11.8 Å². The van der Waals surface area contributed by atoms with E-state index < -0.39 is 21.8 Å². The maximum absolute atomic E-state index is 12.3. The molecule has 1 aliphatic heterocycles. The van der Waals surface area contributed by atoms with Crippen molar-refractivity contribution in [3.63, 3.8) is 0 Å². The fourth-order valence-corrected chi connectivity index (χ4v) is 3.86. The topological polar surface area (TPSA) is 101 Å². The van der Waals surface area contributed by atoms with E-state index >= 15 is 0 Å². The molecule has 0 saturated carbocycles. The molecule has 0 unspecified atom stereocenters. The summed E-state index contributed by atoms with van der Waals surface area (Å²) < 4.78 is 25.0. The van der Waals surface area contributed by atoms with Crippen LogP contribution in [0.3, 0.4) is 0 Å². The van der Waals surface area contributed by atoms with Crippen LogP contribution in [-0.4, -0.2) is 42.5 Å². The molecule has 0 bridgehead atoms. The molecule has 0 aliphatic carbocycles. The Morgan fingerprint density at radius 3 is 2.26 bits per heavy atom. The summed E-state index contributed by atoms with van der Waals surface area (Å²) in [5.41, 5.74) is 0.453. The molecule has 1 fully saturated rings. The first kappa shape index (κ1) is 17.5. The van der Waals surface area contributed by atoms with Crippen molar-refractivity contribution in [2.75, 3.05) is 17.3 Å². The molecule has 0 atom stereocenters. The second-order valence-electron chi connectivity index (χ2n) is 4.87. The number of nitrogens with zero attached hydrogens (tertiary/aromatic N) is 1. The SMILES string of the molecule is CSCCC(=O)Nc1ccc(S(=O)(=O)N2C(=O)CCC2=O)cc1. The highest BCUT2D eigenvalue weighted by Gasteiger charge is 2.39. The van der Waals surface area contributed by atoms with Crippen LogP contribution in [0, 0.1) is 0 Å². The van der Waals surface area contributed by atoms with E-state index in [1.807, 2.05) is 6.26 Å². The second-order valence-corrected chi connectivity index (χ2v) is 7.64. The van der Waals surface area contributed by atoms with Gasteiger partial charge in [-0.3, -0.25) is 14.4 Å². The minimum absolute atomic E-state index is 0.0956. The van der Waals surface area contributed by atoms with Gasteiger partial charge < -0.3 is 5.32 Å². The first-order chi connectivity index (χ1) is 10.9. The molecular formula is C14H16N2O5S2. The van der Waals surface area contributed by atoms with Crippen molar-refractivity contribution < 1.29 is 22.8 Å². The van der Waals surface area contributed by atoms with Crippen LogP contribution in [0.4, 0.5) is 5.69 Å². The third kappa shape index (κ3) is 3.91.